The number of unbranched alkanes of at least 4 members (excludes halogenated alkanes) is 2. The molecular weight excluding hydrogens is 408 g/mol. The number of imidazole rings is 1. The lowest BCUT2D eigenvalue weighted by Crippen LogP contribution is -2.08. The molecule has 0 aliphatic carbocycles. The average molecular weight is 437 g/mol. The molecule has 2 N–H and O–H groups in total. The lowest BCUT2D eigenvalue weighted by molar-refractivity contribution is 0.572. The first-order valence-corrected chi connectivity index (χ1v) is 12.5. The maximum Gasteiger partial charge on any atom is 0.178 e. The molecule has 0 spiro atoms. The molecule has 162 valence electrons. The molecule has 2 aromatic heterocycles. The molecule has 7 heteroatoms. The van der Waals surface area contributed by atoms with Gasteiger partial charge in [-0.25, -0.2) is 18.4 Å². The van der Waals surface area contributed by atoms with Crippen LogP contribution >= 0.6 is 0 Å². The molecule has 2 aromatic carbocycles. The number of benzene rings is 2. The zero-order valence-electron chi connectivity index (χ0n) is 17.8. The molecule has 4 rings (SSSR count). The van der Waals surface area contributed by atoms with Crippen molar-refractivity contribution in [2.45, 2.75) is 50.5 Å². The number of anilines is 1. The summed E-state index contributed by atoms with van der Waals surface area (Å²) in [6.07, 6.45) is 4.20. The van der Waals surface area contributed by atoms with Crippen molar-refractivity contribution in [3.63, 3.8) is 0 Å². The summed E-state index contributed by atoms with van der Waals surface area (Å²) < 4.78 is 27.2. The second-order valence-corrected chi connectivity index (χ2v) is 9.94. The number of para-hydroxylation sites is 1. The van der Waals surface area contributed by atoms with Gasteiger partial charge in [0.25, 0.3) is 0 Å². The first kappa shape index (κ1) is 21.3. The van der Waals surface area contributed by atoms with Gasteiger partial charge in [-0.3, -0.25) is 0 Å². The number of aryl methyl sites for hydroxylation is 2. The third-order valence-electron chi connectivity index (χ3n) is 5.56. The van der Waals surface area contributed by atoms with Crippen LogP contribution in [0.3, 0.4) is 0 Å². The molecule has 31 heavy (non-hydrogen) atoms. The van der Waals surface area contributed by atoms with E-state index in [0.29, 0.717) is 17.1 Å². The van der Waals surface area contributed by atoms with Crippen LogP contribution in [0.5, 0.6) is 0 Å². The number of rotatable bonds is 9. The topological polar surface area (TPSA) is 90.9 Å². The molecule has 2 heterocycles. The zero-order valence-corrected chi connectivity index (χ0v) is 18.6. The van der Waals surface area contributed by atoms with Crippen molar-refractivity contribution < 1.29 is 8.42 Å². The molecule has 0 amide bonds. The number of sulfone groups is 1. The molecular formula is C24H28N4O2S. The van der Waals surface area contributed by atoms with E-state index >= 15 is 0 Å². The summed E-state index contributed by atoms with van der Waals surface area (Å²) in [6.45, 7) is 2.92. The Balaban J connectivity index is 1.52. The van der Waals surface area contributed by atoms with Crippen LogP contribution in [0.25, 0.3) is 21.9 Å². The molecule has 0 aliphatic rings. The van der Waals surface area contributed by atoms with Crippen LogP contribution in [-0.4, -0.2) is 28.7 Å². The van der Waals surface area contributed by atoms with Crippen molar-refractivity contribution in [2.75, 3.05) is 11.5 Å². The summed E-state index contributed by atoms with van der Waals surface area (Å²) >= 11 is 0. The zero-order chi connectivity index (χ0) is 21.8. The highest BCUT2D eigenvalue weighted by Gasteiger charge is 2.17. The van der Waals surface area contributed by atoms with Crippen molar-refractivity contribution in [1.29, 1.82) is 0 Å². The number of nitrogens with two attached hydrogens (primary N) is 1. The van der Waals surface area contributed by atoms with Gasteiger partial charge in [0.2, 0.25) is 0 Å². The van der Waals surface area contributed by atoms with Gasteiger partial charge in [0.05, 0.1) is 21.7 Å². The van der Waals surface area contributed by atoms with Gasteiger partial charge in [0, 0.05) is 18.4 Å². The van der Waals surface area contributed by atoms with Crippen LogP contribution < -0.4 is 5.73 Å². The van der Waals surface area contributed by atoms with E-state index in [2.05, 4.69) is 22.5 Å². The first-order valence-electron chi connectivity index (χ1n) is 10.8. The van der Waals surface area contributed by atoms with Gasteiger partial charge in [0.1, 0.15) is 11.3 Å². The number of aromatic nitrogens is 3. The SMILES string of the molecule is CCCc1nc2c(N)nc3ccccc3c2n1CCCCCS(=O)(=O)c1ccccc1. The molecule has 0 saturated heterocycles. The van der Waals surface area contributed by atoms with E-state index in [-0.39, 0.29) is 5.75 Å². The Bertz CT molecular complexity index is 1300. The molecule has 4 aromatic rings. The van der Waals surface area contributed by atoms with E-state index in [0.717, 1.165) is 60.0 Å². The monoisotopic (exact) mass is 436 g/mol. The molecule has 0 unspecified atom stereocenters. The first-order chi connectivity index (χ1) is 15.0. The van der Waals surface area contributed by atoms with Crippen molar-refractivity contribution in [1.82, 2.24) is 14.5 Å². The number of nitrogen functional groups attached to an aromatic ring is 1. The Morgan fingerprint density at radius 2 is 1.68 bits per heavy atom. The molecule has 0 saturated carbocycles. The van der Waals surface area contributed by atoms with Crippen molar-refractivity contribution in [2.24, 2.45) is 0 Å². The number of pyridine rings is 1. The highest BCUT2D eigenvalue weighted by Crippen LogP contribution is 2.29. The number of hydrogen-bond donors (Lipinski definition) is 1. The fraction of sp³-hybridized carbons (Fsp3) is 0.333. The second-order valence-electron chi connectivity index (χ2n) is 7.83. The van der Waals surface area contributed by atoms with Crippen LogP contribution in [0.2, 0.25) is 0 Å². The fourth-order valence-corrected chi connectivity index (χ4v) is 5.44. The van der Waals surface area contributed by atoms with Crippen LogP contribution in [-0.2, 0) is 22.8 Å². The third kappa shape index (κ3) is 4.42. The maximum absolute atomic E-state index is 12.5. The average Bonchev–Trinajstić information content (AvgIpc) is 3.13. The fourth-order valence-electron chi connectivity index (χ4n) is 4.04. The third-order valence-corrected chi connectivity index (χ3v) is 7.38. The minimum absolute atomic E-state index is 0.170. The predicted molar refractivity (Wildman–Crippen MR) is 126 cm³/mol. The molecule has 0 aliphatic heterocycles. The summed E-state index contributed by atoms with van der Waals surface area (Å²) in [6, 6.07) is 16.7. The second kappa shape index (κ2) is 9.06. The van der Waals surface area contributed by atoms with Gasteiger partial charge >= 0.3 is 0 Å². The summed E-state index contributed by atoms with van der Waals surface area (Å²) in [5.74, 6) is 1.64. The van der Waals surface area contributed by atoms with E-state index in [1.165, 1.54) is 0 Å². The largest absolute Gasteiger partial charge is 0.382 e. The van der Waals surface area contributed by atoms with Crippen LogP contribution in [0.4, 0.5) is 5.82 Å². The summed E-state index contributed by atoms with van der Waals surface area (Å²) in [4.78, 5) is 9.73. The normalized spacial score (nSPS) is 12.0. The molecule has 0 radical (unpaired) electrons. The molecule has 0 bridgehead atoms. The minimum atomic E-state index is -3.22. The minimum Gasteiger partial charge on any atom is -0.382 e. The highest BCUT2D eigenvalue weighted by molar-refractivity contribution is 7.91. The quantitative estimate of drug-likeness (QED) is 0.382. The van der Waals surface area contributed by atoms with Gasteiger partial charge in [-0.15, -0.1) is 0 Å². The van der Waals surface area contributed by atoms with Crippen LogP contribution in [0.1, 0.15) is 38.4 Å². The summed E-state index contributed by atoms with van der Waals surface area (Å²) in [7, 11) is -3.22. The maximum atomic E-state index is 12.5. The summed E-state index contributed by atoms with van der Waals surface area (Å²) in [5, 5.41) is 1.05. The predicted octanol–water partition coefficient (Wildman–Crippen LogP) is 4.76. The van der Waals surface area contributed by atoms with Crippen molar-refractivity contribution in [3.05, 3.63) is 60.4 Å². The van der Waals surface area contributed by atoms with Crippen molar-refractivity contribution in [3.8, 4) is 0 Å². The van der Waals surface area contributed by atoms with E-state index in [9.17, 15) is 8.42 Å². The Kier molecular flexibility index (Phi) is 6.23. The number of nitrogens with zero attached hydrogens (tertiary/aromatic N) is 3. The van der Waals surface area contributed by atoms with E-state index < -0.39 is 9.84 Å². The van der Waals surface area contributed by atoms with E-state index in [1.54, 1.807) is 24.3 Å². The van der Waals surface area contributed by atoms with Gasteiger partial charge in [-0.2, -0.15) is 0 Å². The number of hydrogen-bond acceptors (Lipinski definition) is 5. The Hall–Kier alpha value is -2.93. The Labute approximate surface area is 183 Å². The molecule has 0 fully saturated rings. The van der Waals surface area contributed by atoms with Gasteiger partial charge in [-0.05, 0) is 37.5 Å². The van der Waals surface area contributed by atoms with Gasteiger partial charge in [0.15, 0.2) is 15.7 Å². The lowest BCUT2D eigenvalue weighted by Gasteiger charge is -2.11. The van der Waals surface area contributed by atoms with Crippen LogP contribution in [0.15, 0.2) is 59.5 Å². The Morgan fingerprint density at radius 1 is 0.935 bits per heavy atom. The van der Waals surface area contributed by atoms with Crippen LogP contribution in [0, 0.1) is 0 Å². The van der Waals surface area contributed by atoms with E-state index in [4.69, 9.17) is 10.7 Å². The van der Waals surface area contributed by atoms with E-state index in [1.807, 2.05) is 24.3 Å². The van der Waals surface area contributed by atoms with Gasteiger partial charge < -0.3 is 10.3 Å². The summed E-state index contributed by atoms with van der Waals surface area (Å²) in [5.41, 5.74) is 8.88. The molecule has 6 nitrogen and oxygen atoms in total. The van der Waals surface area contributed by atoms with Crippen molar-refractivity contribution >= 4 is 37.6 Å². The standard InChI is InChI=1S/C24H28N4O2S/c1-2-11-21-27-22-23(19-14-7-8-15-20(19)26-24(22)25)28(21)16-9-4-10-17-31(29,30)18-12-5-3-6-13-18/h3,5-8,12-15H,2,4,9-11,16-17H2,1H3,(H2,25,26). The number of fused-ring (bicyclic) bond motifs is 3. The highest BCUT2D eigenvalue weighted by atomic mass is 32.2. The Morgan fingerprint density at radius 3 is 2.45 bits per heavy atom. The smallest absolute Gasteiger partial charge is 0.178 e. The van der Waals surface area contributed by atoms with Gasteiger partial charge in [-0.1, -0.05) is 49.7 Å². The lowest BCUT2D eigenvalue weighted by atomic mass is 10.1. The molecule has 0 atom stereocenters.